The molecule has 1 unspecified atom stereocenters. The molecule has 1 aliphatic rings. The topological polar surface area (TPSA) is 25.2 Å². The van der Waals surface area contributed by atoms with Crippen LogP contribution >= 0.6 is 22.9 Å². The lowest BCUT2D eigenvalue weighted by molar-refractivity contribution is 0.412. The summed E-state index contributed by atoms with van der Waals surface area (Å²) in [7, 11) is 0. The van der Waals surface area contributed by atoms with Crippen molar-refractivity contribution in [3.63, 3.8) is 0 Å². The van der Waals surface area contributed by atoms with Gasteiger partial charge < -0.3 is 9.73 Å². The number of fused-ring (bicyclic) bond motifs is 1. The van der Waals surface area contributed by atoms with Crippen LogP contribution in [0, 0.1) is 0 Å². The maximum atomic E-state index is 5.91. The zero-order valence-electron chi connectivity index (χ0n) is 9.41. The molecular weight excluding hydrogens is 254 g/mol. The smallest absolute Gasteiger partial charge is 0.108 e. The van der Waals surface area contributed by atoms with Crippen LogP contribution in [0.15, 0.2) is 28.2 Å². The fraction of sp³-hybridized carbons (Fsp3) is 0.385. The Bertz CT molecular complexity index is 505. The van der Waals surface area contributed by atoms with Gasteiger partial charge in [0.15, 0.2) is 0 Å². The molecule has 0 spiro atoms. The maximum absolute atomic E-state index is 5.91. The standard InChI is InChI=1S/C13H14ClNOS/c14-9-6-10(17-8-9)7-15-12-2-1-3-13-11(12)4-5-16-13/h4-6,8,12,15H,1-3,7H2. The van der Waals surface area contributed by atoms with E-state index in [-0.39, 0.29) is 0 Å². The van der Waals surface area contributed by atoms with Crippen LogP contribution in [0.4, 0.5) is 0 Å². The van der Waals surface area contributed by atoms with E-state index in [9.17, 15) is 0 Å². The minimum absolute atomic E-state index is 0.429. The van der Waals surface area contributed by atoms with Crippen molar-refractivity contribution in [3.05, 3.63) is 45.0 Å². The molecule has 1 atom stereocenters. The van der Waals surface area contributed by atoms with Crippen LogP contribution in [0.5, 0.6) is 0 Å². The molecule has 0 saturated heterocycles. The number of aryl methyl sites for hydroxylation is 1. The summed E-state index contributed by atoms with van der Waals surface area (Å²) in [6.45, 7) is 0.882. The summed E-state index contributed by atoms with van der Waals surface area (Å²) < 4.78 is 5.48. The quantitative estimate of drug-likeness (QED) is 0.903. The van der Waals surface area contributed by atoms with E-state index in [0.29, 0.717) is 6.04 Å². The lowest BCUT2D eigenvalue weighted by Crippen LogP contribution is -2.23. The number of nitrogens with one attached hydrogen (secondary N) is 1. The summed E-state index contributed by atoms with van der Waals surface area (Å²) in [6.07, 6.45) is 5.26. The number of hydrogen-bond acceptors (Lipinski definition) is 3. The molecular formula is C13H14ClNOS. The zero-order valence-corrected chi connectivity index (χ0v) is 11.0. The Hall–Kier alpha value is -0.770. The molecule has 2 aromatic rings. The lowest BCUT2D eigenvalue weighted by atomic mass is 9.93. The van der Waals surface area contributed by atoms with E-state index in [0.717, 1.165) is 23.7 Å². The number of hydrogen-bond donors (Lipinski definition) is 1. The van der Waals surface area contributed by atoms with Gasteiger partial charge in [-0.1, -0.05) is 11.6 Å². The van der Waals surface area contributed by atoms with Gasteiger partial charge in [-0.2, -0.15) is 0 Å². The maximum Gasteiger partial charge on any atom is 0.108 e. The van der Waals surface area contributed by atoms with Gasteiger partial charge in [0.2, 0.25) is 0 Å². The first-order valence-electron chi connectivity index (χ1n) is 5.85. The van der Waals surface area contributed by atoms with Gasteiger partial charge in [-0.25, -0.2) is 0 Å². The SMILES string of the molecule is Clc1csc(CNC2CCCc3occc32)c1. The molecule has 2 nitrogen and oxygen atoms in total. The van der Waals surface area contributed by atoms with Gasteiger partial charge in [0, 0.05) is 34.8 Å². The second kappa shape index (κ2) is 4.84. The molecule has 1 aliphatic carbocycles. The first kappa shape index (κ1) is 11.3. The van der Waals surface area contributed by atoms with Crippen molar-refractivity contribution in [3.8, 4) is 0 Å². The van der Waals surface area contributed by atoms with E-state index in [1.165, 1.54) is 23.3 Å². The molecule has 0 radical (unpaired) electrons. The highest BCUT2D eigenvalue weighted by Gasteiger charge is 2.21. The Morgan fingerprint density at radius 2 is 2.47 bits per heavy atom. The van der Waals surface area contributed by atoms with Crippen molar-refractivity contribution >= 4 is 22.9 Å². The van der Waals surface area contributed by atoms with Crippen LogP contribution in [0.2, 0.25) is 5.02 Å². The predicted molar refractivity (Wildman–Crippen MR) is 70.6 cm³/mol. The summed E-state index contributed by atoms with van der Waals surface area (Å²) >= 11 is 7.62. The normalized spacial score (nSPS) is 19.2. The van der Waals surface area contributed by atoms with E-state index in [4.69, 9.17) is 16.0 Å². The first-order chi connectivity index (χ1) is 8.33. The van der Waals surface area contributed by atoms with Gasteiger partial charge in [-0.05, 0) is 25.0 Å². The molecule has 1 N–H and O–H groups in total. The molecule has 2 heterocycles. The largest absolute Gasteiger partial charge is 0.469 e. The average Bonchev–Trinajstić information content (AvgIpc) is 2.94. The number of thiophene rings is 1. The van der Waals surface area contributed by atoms with Gasteiger partial charge in [0.05, 0.1) is 11.3 Å². The van der Waals surface area contributed by atoms with Crippen molar-refractivity contribution in [2.75, 3.05) is 0 Å². The Labute approximate surface area is 110 Å². The third kappa shape index (κ3) is 2.41. The number of halogens is 1. The van der Waals surface area contributed by atoms with Crippen LogP contribution < -0.4 is 5.32 Å². The molecule has 90 valence electrons. The summed E-state index contributed by atoms with van der Waals surface area (Å²) in [5, 5.41) is 6.39. The second-order valence-corrected chi connectivity index (χ2v) is 5.79. The molecule has 2 aromatic heterocycles. The monoisotopic (exact) mass is 267 g/mol. The third-order valence-electron chi connectivity index (χ3n) is 3.20. The van der Waals surface area contributed by atoms with Gasteiger partial charge >= 0.3 is 0 Å². The van der Waals surface area contributed by atoms with Crippen molar-refractivity contribution in [2.24, 2.45) is 0 Å². The van der Waals surface area contributed by atoms with E-state index in [2.05, 4.69) is 11.4 Å². The second-order valence-electron chi connectivity index (χ2n) is 4.36. The molecule has 0 saturated carbocycles. The van der Waals surface area contributed by atoms with Crippen LogP contribution in [0.25, 0.3) is 0 Å². The van der Waals surface area contributed by atoms with Gasteiger partial charge in [0.1, 0.15) is 5.76 Å². The number of rotatable bonds is 3. The summed E-state index contributed by atoms with van der Waals surface area (Å²) in [5.41, 5.74) is 1.33. The third-order valence-corrected chi connectivity index (χ3v) is 4.48. The summed E-state index contributed by atoms with van der Waals surface area (Å²) in [6, 6.07) is 4.55. The van der Waals surface area contributed by atoms with Crippen LogP contribution in [0.1, 0.15) is 35.1 Å². The van der Waals surface area contributed by atoms with Crippen LogP contribution in [-0.4, -0.2) is 0 Å². The molecule has 4 heteroatoms. The van der Waals surface area contributed by atoms with E-state index in [1.807, 2.05) is 11.4 Å². The number of furan rings is 1. The Morgan fingerprint density at radius 3 is 3.29 bits per heavy atom. The Balaban J connectivity index is 1.67. The van der Waals surface area contributed by atoms with Crippen molar-refractivity contribution < 1.29 is 4.42 Å². The Kier molecular flexibility index (Phi) is 3.23. The summed E-state index contributed by atoms with van der Waals surface area (Å²) in [4.78, 5) is 1.28. The van der Waals surface area contributed by atoms with Crippen LogP contribution in [0.3, 0.4) is 0 Å². The molecule has 0 bridgehead atoms. The van der Waals surface area contributed by atoms with Crippen molar-refractivity contribution in [1.29, 1.82) is 0 Å². The Morgan fingerprint density at radius 1 is 1.53 bits per heavy atom. The lowest BCUT2D eigenvalue weighted by Gasteiger charge is -2.22. The average molecular weight is 268 g/mol. The highest BCUT2D eigenvalue weighted by molar-refractivity contribution is 7.10. The highest BCUT2D eigenvalue weighted by Crippen LogP contribution is 2.31. The summed E-state index contributed by atoms with van der Waals surface area (Å²) in [5.74, 6) is 1.15. The minimum atomic E-state index is 0.429. The molecule has 17 heavy (non-hydrogen) atoms. The minimum Gasteiger partial charge on any atom is -0.469 e. The van der Waals surface area contributed by atoms with Crippen molar-refractivity contribution in [1.82, 2.24) is 5.32 Å². The van der Waals surface area contributed by atoms with E-state index in [1.54, 1.807) is 17.6 Å². The molecule has 0 amide bonds. The molecule has 0 aromatic carbocycles. The van der Waals surface area contributed by atoms with Crippen LogP contribution in [-0.2, 0) is 13.0 Å². The first-order valence-corrected chi connectivity index (χ1v) is 7.11. The van der Waals surface area contributed by atoms with Gasteiger partial charge in [-0.15, -0.1) is 11.3 Å². The fourth-order valence-electron chi connectivity index (χ4n) is 2.37. The molecule has 3 rings (SSSR count). The zero-order chi connectivity index (χ0) is 11.7. The molecule has 0 fully saturated rings. The fourth-order valence-corrected chi connectivity index (χ4v) is 3.39. The predicted octanol–water partition coefficient (Wildman–Crippen LogP) is 4.16. The highest BCUT2D eigenvalue weighted by atomic mass is 35.5. The van der Waals surface area contributed by atoms with Gasteiger partial charge in [-0.3, -0.25) is 0 Å². The molecule has 0 aliphatic heterocycles. The van der Waals surface area contributed by atoms with E-state index >= 15 is 0 Å². The van der Waals surface area contributed by atoms with E-state index < -0.39 is 0 Å². The van der Waals surface area contributed by atoms with Crippen molar-refractivity contribution in [2.45, 2.75) is 31.8 Å². The van der Waals surface area contributed by atoms with Gasteiger partial charge in [0.25, 0.3) is 0 Å².